The molecule has 1 heterocycles. The highest BCUT2D eigenvalue weighted by atomic mass is 32.2. The lowest BCUT2D eigenvalue weighted by Crippen LogP contribution is -2.42. The van der Waals surface area contributed by atoms with E-state index in [0.717, 1.165) is 0 Å². The first-order valence-corrected chi connectivity index (χ1v) is 8.16. The number of hydrogen-bond acceptors (Lipinski definition) is 6. The van der Waals surface area contributed by atoms with E-state index in [1.165, 1.54) is 23.8 Å². The number of benzene rings is 1. The Hall–Kier alpha value is -2.22. The van der Waals surface area contributed by atoms with Gasteiger partial charge in [0.1, 0.15) is 0 Å². The molecule has 1 aliphatic heterocycles. The van der Waals surface area contributed by atoms with Gasteiger partial charge in [0, 0.05) is 18.0 Å². The Morgan fingerprint density at radius 1 is 1.30 bits per heavy atom. The number of anilines is 1. The molecule has 0 aliphatic carbocycles. The van der Waals surface area contributed by atoms with E-state index in [1.807, 2.05) is 0 Å². The minimum Gasteiger partial charge on any atom is -0.467 e. The third kappa shape index (κ3) is 4.16. The number of rotatable bonds is 4. The van der Waals surface area contributed by atoms with Crippen molar-refractivity contribution in [1.82, 2.24) is 4.90 Å². The van der Waals surface area contributed by atoms with Crippen LogP contribution in [0.2, 0.25) is 0 Å². The zero-order valence-electron chi connectivity index (χ0n) is 12.9. The molecule has 1 unspecified atom stereocenters. The number of methoxy groups -OCH3 is 1. The number of amides is 2. The average Bonchev–Trinajstić information content (AvgIpc) is 3.04. The lowest BCUT2D eigenvalue weighted by atomic mass is 10.2. The van der Waals surface area contributed by atoms with E-state index in [1.54, 1.807) is 31.2 Å². The largest absolute Gasteiger partial charge is 0.467 e. The van der Waals surface area contributed by atoms with Gasteiger partial charge in [-0.15, -0.1) is 11.8 Å². The van der Waals surface area contributed by atoms with Crippen LogP contribution in [0.15, 0.2) is 24.3 Å². The van der Waals surface area contributed by atoms with E-state index in [-0.39, 0.29) is 6.03 Å². The average molecular weight is 338 g/mol. The SMILES string of the molecule is CCOC(=O)c1ccc(NC(=O)N2CCSC2C(=O)OC)cc1. The van der Waals surface area contributed by atoms with Gasteiger partial charge in [-0.05, 0) is 31.2 Å². The first-order valence-electron chi connectivity index (χ1n) is 7.11. The van der Waals surface area contributed by atoms with Crippen LogP contribution in [0.5, 0.6) is 0 Å². The summed E-state index contributed by atoms with van der Waals surface area (Å²) in [4.78, 5) is 36.9. The molecule has 23 heavy (non-hydrogen) atoms. The molecule has 1 aromatic carbocycles. The number of thioether (sulfide) groups is 1. The molecule has 1 fully saturated rings. The normalized spacial score (nSPS) is 16.8. The molecule has 2 amide bonds. The maximum Gasteiger partial charge on any atom is 0.339 e. The van der Waals surface area contributed by atoms with Crippen molar-refractivity contribution in [3.05, 3.63) is 29.8 Å². The molecule has 1 aliphatic rings. The van der Waals surface area contributed by atoms with Gasteiger partial charge in [-0.3, -0.25) is 0 Å². The summed E-state index contributed by atoms with van der Waals surface area (Å²) in [5.41, 5.74) is 0.942. The Morgan fingerprint density at radius 3 is 2.61 bits per heavy atom. The minimum absolute atomic E-state index is 0.304. The van der Waals surface area contributed by atoms with E-state index in [0.29, 0.717) is 30.2 Å². The molecule has 0 saturated carbocycles. The summed E-state index contributed by atoms with van der Waals surface area (Å²) in [7, 11) is 1.30. The van der Waals surface area contributed by atoms with Crippen molar-refractivity contribution in [2.24, 2.45) is 0 Å². The van der Waals surface area contributed by atoms with Crippen LogP contribution in [0.3, 0.4) is 0 Å². The second kappa shape index (κ2) is 7.87. The summed E-state index contributed by atoms with van der Waals surface area (Å²) in [5.74, 6) is -0.179. The Morgan fingerprint density at radius 2 is 2.00 bits per heavy atom. The fourth-order valence-corrected chi connectivity index (χ4v) is 3.21. The first kappa shape index (κ1) is 17.1. The summed E-state index contributed by atoms with van der Waals surface area (Å²) in [6, 6.07) is 5.99. The van der Waals surface area contributed by atoms with Crippen LogP contribution in [-0.4, -0.2) is 54.3 Å². The predicted molar refractivity (Wildman–Crippen MR) is 86.4 cm³/mol. The molecule has 7 nitrogen and oxygen atoms in total. The van der Waals surface area contributed by atoms with E-state index in [2.05, 4.69) is 5.32 Å². The summed E-state index contributed by atoms with van der Waals surface area (Å²) in [5, 5.41) is 2.08. The lowest BCUT2D eigenvalue weighted by molar-refractivity contribution is -0.142. The number of carbonyl (C=O) groups excluding carboxylic acids is 3. The van der Waals surface area contributed by atoms with Crippen LogP contribution >= 0.6 is 11.8 Å². The number of urea groups is 1. The number of hydrogen-bond donors (Lipinski definition) is 1. The van der Waals surface area contributed by atoms with Crippen molar-refractivity contribution < 1.29 is 23.9 Å². The van der Waals surface area contributed by atoms with Crippen molar-refractivity contribution in [2.75, 3.05) is 31.3 Å². The lowest BCUT2D eigenvalue weighted by Gasteiger charge is -2.22. The molecular formula is C15H18N2O5S. The molecule has 1 N–H and O–H groups in total. The van der Waals surface area contributed by atoms with Crippen molar-refractivity contribution in [3.63, 3.8) is 0 Å². The predicted octanol–water partition coefficient (Wildman–Crippen LogP) is 1.94. The summed E-state index contributed by atoms with van der Waals surface area (Å²) < 4.78 is 9.59. The highest BCUT2D eigenvalue weighted by molar-refractivity contribution is 8.00. The molecule has 0 radical (unpaired) electrons. The second-order valence-corrected chi connectivity index (χ2v) is 5.86. The molecular weight excluding hydrogens is 320 g/mol. The van der Waals surface area contributed by atoms with Crippen LogP contribution in [-0.2, 0) is 14.3 Å². The molecule has 0 spiro atoms. The quantitative estimate of drug-likeness (QED) is 0.845. The van der Waals surface area contributed by atoms with Gasteiger partial charge in [0.05, 0.1) is 19.3 Å². The number of nitrogens with zero attached hydrogens (tertiary/aromatic N) is 1. The Balaban J connectivity index is 2.00. The molecule has 2 rings (SSSR count). The highest BCUT2D eigenvalue weighted by Gasteiger charge is 2.35. The molecule has 0 bridgehead atoms. The van der Waals surface area contributed by atoms with Gasteiger partial charge >= 0.3 is 18.0 Å². The second-order valence-electron chi connectivity index (χ2n) is 4.67. The summed E-state index contributed by atoms with van der Waals surface area (Å²) in [6.07, 6.45) is 0. The van der Waals surface area contributed by atoms with Crippen LogP contribution in [0.25, 0.3) is 0 Å². The zero-order chi connectivity index (χ0) is 16.8. The van der Waals surface area contributed by atoms with E-state index in [9.17, 15) is 14.4 Å². The van der Waals surface area contributed by atoms with Gasteiger partial charge in [0.2, 0.25) is 0 Å². The molecule has 1 atom stereocenters. The van der Waals surface area contributed by atoms with Crippen LogP contribution < -0.4 is 5.32 Å². The van der Waals surface area contributed by atoms with Gasteiger partial charge in [0.15, 0.2) is 5.37 Å². The topological polar surface area (TPSA) is 84.9 Å². The fourth-order valence-electron chi connectivity index (χ4n) is 2.07. The van der Waals surface area contributed by atoms with Crippen molar-refractivity contribution in [2.45, 2.75) is 12.3 Å². The van der Waals surface area contributed by atoms with Crippen LogP contribution in [0.4, 0.5) is 10.5 Å². The van der Waals surface area contributed by atoms with Crippen molar-refractivity contribution >= 4 is 35.4 Å². The van der Waals surface area contributed by atoms with Crippen molar-refractivity contribution in [3.8, 4) is 0 Å². The number of esters is 2. The highest BCUT2D eigenvalue weighted by Crippen LogP contribution is 2.25. The molecule has 1 saturated heterocycles. The monoisotopic (exact) mass is 338 g/mol. The Bertz CT molecular complexity index is 590. The van der Waals surface area contributed by atoms with Gasteiger partial charge in [-0.2, -0.15) is 0 Å². The van der Waals surface area contributed by atoms with Gasteiger partial charge in [-0.1, -0.05) is 0 Å². The Kier molecular flexibility index (Phi) is 5.86. The fraction of sp³-hybridized carbons (Fsp3) is 0.400. The third-order valence-electron chi connectivity index (χ3n) is 3.20. The Labute approximate surface area is 138 Å². The summed E-state index contributed by atoms with van der Waals surface area (Å²) in [6.45, 7) is 2.51. The molecule has 1 aromatic rings. The molecule has 8 heteroatoms. The maximum absolute atomic E-state index is 12.3. The smallest absolute Gasteiger partial charge is 0.339 e. The van der Waals surface area contributed by atoms with Gasteiger partial charge in [0.25, 0.3) is 0 Å². The van der Waals surface area contributed by atoms with Crippen LogP contribution in [0.1, 0.15) is 17.3 Å². The molecule has 124 valence electrons. The van der Waals surface area contributed by atoms with E-state index >= 15 is 0 Å². The zero-order valence-corrected chi connectivity index (χ0v) is 13.7. The minimum atomic E-state index is -0.626. The first-order chi connectivity index (χ1) is 11.1. The van der Waals surface area contributed by atoms with E-state index < -0.39 is 17.3 Å². The van der Waals surface area contributed by atoms with Crippen LogP contribution in [0, 0.1) is 0 Å². The number of ether oxygens (including phenoxy) is 2. The number of carbonyl (C=O) groups is 3. The van der Waals surface area contributed by atoms with Gasteiger partial charge in [-0.25, -0.2) is 14.4 Å². The van der Waals surface area contributed by atoms with Gasteiger partial charge < -0.3 is 19.7 Å². The summed E-state index contributed by atoms with van der Waals surface area (Å²) >= 11 is 1.36. The number of nitrogens with one attached hydrogen (secondary N) is 1. The van der Waals surface area contributed by atoms with Crippen molar-refractivity contribution in [1.29, 1.82) is 0 Å². The van der Waals surface area contributed by atoms with E-state index in [4.69, 9.17) is 9.47 Å². The standard InChI is InChI=1S/C15H18N2O5S/c1-3-22-13(18)10-4-6-11(7-5-10)16-15(20)17-8-9-23-12(17)14(19)21-2/h4-7,12H,3,8-9H2,1-2H3,(H,16,20). The molecule has 0 aromatic heterocycles. The third-order valence-corrected chi connectivity index (χ3v) is 4.38. The maximum atomic E-state index is 12.3.